The number of anilines is 4. The van der Waals surface area contributed by atoms with Crippen molar-refractivity contribution in [3.63, 3.8) is 0 Å². The molecule has 0 radical (unpaired) electrons. The number of aromatic nitrogens is 4. The molecule has 3 aromatic rings. The van der Waals surface area contributed by atoms with Crippen LogP contribution in [0, 0.1) is 12.3 Å². The number of terminal acetylenes is 1. The Bertz CT molecular complexity index is 1080. The second kappa shape index (κ2) is 8.78. The lowest BCUT2D eigenvalue weighted by Crippen LogP contribution is -2.08. The first-order valence-electron chi connectivity index (χ1n) is 10.2. The number of benzene rings is 1. The number of nitrogens with zero attached hydrogens (tertiary/aromatic N) is 3. The van der Waals surface area contributed by atoms with E-state index < -0.39 is 0 Å². The van der Waals surface area contributed by atoms with Crippen LogP contribution in [0.2, 0.25) is 0 Å². The summed E-state index contributed by atoms with van der Waals surface area (Å²) in [6.07, 6.45) is 9.26. The Morgan fingerprint density at radius 1 is 1.17 bits per heavy atom. The third kappa shape index (κ3) is 4.84. The van der Waals surface area contributed by atoms with Crippen molar-refractivity contribution in [2.45, 2.75) is 44.9 Å². The molecule has 7 nitrogen and oxygen atoms in total. The van der Waals surface area contributed by atoms with Gasteiger partial charge in [0.15, 0.2) is 11.6 Å². The first-order chi connectivity index (χ1) is 14.6. The molecule has 2 aromatic heterocycles. The van der Waals surface area contributed by atoms with Crippen LogP contribution in [-0.4, -0.2) is 25.9 Å². The van der Waals surface area contributed by atoms with Gasteiger partial charge in [0, 0.05) is 42.3 Å². The van der Waals surface area contributed by atoms with Gasteiger partial charge in [-0.2, -0.15) is 10.1 Å². The Hall–Kier alpha value is -3.66. The second-order valence-electron chi connectivity index (χ2n) is 7.37. The number of aryl methyl sites for hydroxylation is 1. The van der Waals surface area contributed by atoms with E-state index in [9.17, 15) is 4.79 Å². The van der Waals surface area contributed by atoms with E-state index in [1.807, 2.05) is 30.3 Å². The molecule has 0 bridgehead atoms. The molecule has 0 aliphatic heterocycles. The summed E-state index contributed by atoms with van der Waals surface area (Å²) in [6, 6.07) is 11.7. The van der Waals surface area contributed by atoms with Crippen molar-refractivity contribution in [1.29, 1.82) is 0 Å². The molecule has 1 aliphatic carbocycles. The van der Waals surface area contributed by atoms with Crippen molar-refractivity contribution in [2.24, 2.45) is 0 Å². The largest absolute Gasteiger partial charge is 0.324 e. The maximum atomic E-state index is 12.5. The van der Waals surface area contributed by atoms with Gasteiger partial charge in [-0.15, -0.1) is 12.3 Å². The third-order valence-electron chi connectivity index (χ3n) is 5.00. The fourth-order valence-electron chi connectivity index (χ4n) is 3.11. The van der Waals surface area contributed by atoms with E-state index in [0.717, 1.165) is 17.8 Å². The number of rotatable bonds is 9. The fourth-order valence-corrected chi connectivity index (χ4v) is 3.11. The van der Waals surface area contributed by atoms with Crippen molar-refractivity contribution < 1.29 is 4.79 Å². The molecule has 0 atom stereocenters. The minimum atomic E-state index is -0.122. The van der Waals surface area contributed by atoms with Gasteiger partial charge in [0.05, 0.1) is 0 Å². The first-order valence-corrected chi connectivity index (χ1v) is 10.2. The van der Waals surface area contributed by atoms with Gasteiger partial charge in [-0.1, -0.05) is 19.1 Å². The zero-order valence-electron chi connectivity index (χ0n) is 16.9. The summed E-state index contributed by atoms with van der Waals surface area (Å²) in [7, 11) is 0. The molecule has 0 saturated heterocycles. The van der Waals surface area contributed by atoms with E-state index in [0.29, 0.717) is 35.6 Å². The molecule has 7 heteroatoms. The van der Waals surface area contributed by atoms with Crippen LogP contribution in [0.1, 0.15) is 60.3 Å². The minimum absolute atomic E-state index is 0.122. The average Bonchev–Trinajstić information content (AvgIpc) is 3.51. The number of H-pyrrole nitrogens is 1. The Morgan fingerprint density at radius 2 is 1.97 bits per heavy atom. The van der Waals surface area contributed by atoms with E-state index in [-0.39, 0.29) is 12.2 Å². The smallest absolute Gasteiger partial charge is 0.229 e. The van der Waals surface area contributed by atoms with Crippen molar-refractivity contribution in [2.75, 3.05) is 10.6 Å². The van der Waals surface area contributed by atoms with Crippen molar-refractivity contribution in [3.05, 3.63) is 53.3 Å². The topological polar surface area (TPSA) is 95.6 Å². The summed E-state index contributed by atoms with van der Waals surface area (Å²) in [5.74, 6) is 4.45. The molecule has 1 saturated carbocycles. The zero-order chi connectivity index (χ0) is 20.9. The number of carbonyl (C=O) groups excluding carboxylic acids is 1. The first kappa shape index (κ1) is 19.6. The highest BCUT2D eigenvalue weighted by atomic mass is 16.1. The normalized spacial score (nSPS) is 12.9. The highest BCUT2D eigenvalue weighted by Crippen LogP contribution is 2.39. The Morgan fingerprint density at radius 3 is 2.67 bits per heavy atom. The lowest BCUT2D eigenvalue weighted by atomic mass is 10.1. The predicted molar refractivity (Wildman–Crippen MR) is 117 cm³/mol. The summed E-state index contributed by atoms with van der Waals surface area (Å²) in [5, 5.41) is 13.7. The number of aromatic amines is 1. The molecule has 30 heavy (non-hydrogen) atoms. The van der Waals surface area contributed by atoms with Crippen LogP contribution in [0.3, 0.4) is 0 Å². The molecule has 3 N–H and O–H groups in total. The summed E-state index contributed by atoms with van der Waals surface area (Å²) < 4.78 is 0. The number of Topliss-reactive ketones (excluding diaryl/α,β-unsaturated/α-hetero) is 1. The quantitative estimate of drug-likeness (QED) is 0.355. The van der Waals surface area contributed by atoms with Crippen LogP contribution in [0.15, 0.2) is 36.4 Å². The van der Waals surface area contributed by atoms with Crippen molar-refractivity contribution >= 4 is 29.1 Å². The van der Waals surface area contributed by atoms with Crippen LogP contribution in [0.5, 0.6) is 0 Å². The number of ketones is 1. The van der Waals surface area contributed by atoms with Crippen molar-refractivity contribution in [1.82, 2.24) is 20.2 Å². The van der Waals surface area contributed by atoms with Gasteiger partial charge in [-0.3, -0.25) is 9.89 Å². The van der Waals surface area contributed by atoms with Gasteiger partial charge in [-0.05, 0) is 37.0 Å². The maximum Gasteiger partial charge on any atom is 0.229 e. The molecule has 1 fully saturated rings. The van der Waals surface area contributed by atoms with Gasteiger partial charge in [0.25, 0.3) is 0 Å². The number of nitrogens with one attached hydrogen (secondary N) is 3. The zero-order valence-corrected chi connectivity index (χ0v) is 16.9. The average molecular weight is 400 g/mol. The van der Waals surface area contributed by atoms with E-state index >= 15 is 0 Å². The van der Waals surface area contributed by atoms with Gasteiger partial charge >= 0.3 is 0 Å². The maximum absolute atomic E-state index is 12.5. The van der Waals surface area contributed by atoms with Crippen LogP contribution in [-0.2, 0) is 6.42 Å². The summed E-state index contributed by atoms with van der Waals surface area (Å²) in [6.45, 7) is 2.11. The number of carbonyl (C=O) groups is 1. The SMILES string of the molecule is C#CCCC(=O)c1cc(Nc2cc(C3CC3)[nH]n2)nc(Nc2ccc(CC)cc2)n1. The van der Waals surface area contributed by atoms with Gasteiger partial charge in [0.1, 0.15) is 11.5 Å². The molecule has 1 aromatic carbocycles. The Kier molecular flexibility index (Phi) is 5.75. The molecular weight excluding hydrogens is 376 g/mol. The van der Waals surface area contributed by atoms with E-state index in [2.05, 4.69) is 43.6 Å². The van der Waals surface area contributed by atoms with Crippen LogP contribution >= 0.6 is 0 Å². The lowest BCUT2D eigenvalue weighted by Gasteiger charge is -2.10. The molecule has 152 valence electrons. The number of hydrogen-bond acceptors (Lipinski definition) is 6. The molecular formula is C23H24N6O. The van der Waals surface area contributed by atoms with Crippen LogP contribution in [0.25, 0.3) is 0 Å². The minimum Gasteiger partial charge on any atom is -0.324 e. The van der Waals surface area contributed by atoms with Crippen LogP contribution in [0.4, 0.5) is 23.3 Å². The van der Waals surface area contributed by atoms with Crippen LogP contribution < -0.4 is 10.6 Å². The predicted octanol–water partition coefficient (Wildman–Crippen LogP) is 4.72. The molecule has 0 unspecified atom stereocenters. The highest BCUT2D eigenvalue weighted by molar-refractivity contribution is 5.95. The van der Waals surface area contributed by atoms with Gasteiger partial charge < -0.3 is 10.6 Å². The third-order valence-corrected chi connectivity index (χ3v) is 5.00. The summed E-state index contributed by atoms with van der Waals surface area (Å²) >= 11 is 0. The second-order valence-corrected chi connectivity index (χ2v) is 7.37. The molecule has 4 rings (SSSR count). The van der Waals surface area contributed by atoms with Crippen molar-refractivity contribution in [3.8, 4) is 12.3 Å². The molecule has 2 heterocycles. The highest BCUT2D eigenvalue weighted by Gasteiger charge is 2.25. The van der Waals surface area contributed by atoms with E-state index in [4.69, 9.17) is 6.42 Å². The summed E-state index contributed by atoms with van der Waals surface area (Å²) in [4.78, 5) is 21.5. The van der Waals surface area contributed by atoms with Gasteiger partial charge in [-0.25, -0.2) is 4.98 Å². The van der Waals surface area contributed by atoms with E-state index in [1.165, 1.54) is 18.4 Å². The monoisotopic (exact) mass is 400 g/mol. The summed E-state index contributed by atoms with van der Waals surface area (Å²) in [5.41, 5.74) is 3.52. The Balaban J connectivity index is 1.58. The Labute approximate surface area is 175 Å². The standard InChI is InChI=1S/C23H24N6O/c1-3-5-6-20(30)19-14-21(26-22-13-18(28-29-22)16-9-10-16)27-23(25-19)24-17-11-7-15(4-2)8-12-17/h1,7-8,11-14,16H,4-6,9-10H2,2H3,(H3,24,25,26,27,28,29). The van der Waals surface area contributed by atoms with Gasteiger partial charge in [0.2, 0.25) is 5.95 Å². The number of hydrogen-bond donors (Lipinski definition) is 3. The molecule has 0 amide bonds. The molecule has 0 spiro atoms. The van der Waals surface area contributed by atoms with E-state index in [1.54, 1.807) is 6.07 Å². The molecule has 1 aliphatic rings. The lowest BCUT2D eigenvalue weighted by molar-refractivity contribution is 0.0979. The fraction of sp³-hybridized carbons (Fsp3) is 0.304.